The van der Waals surface area contributed by atoms with E-state index in [0.29, 0.717) is 24.3 Å². The zero-order valence-corrected chi connectivity index (χ0v) is 15.4. The maximum Gasteiger partial charge on any atom is 0.306 e. The van der Waals surface area contributed by atoms with Gasteiger partial charge in [-0.1, -0.05) is 31.2 Å². The molecular weight excluding hydrogens is 330 g/mol. The van der Waals surface area contributed by atoms with E-state index >= 15 is 0 Å². The number of amides is 1. The third-order valence-corrected chi connectivity index (χ3v) is 3.97. The van der Waals surface area contributed by atoms with E-state index in [1.165, 1.54) is 0 Å². The van der Waals surface area contributed by atoms with E-state index in [2.05, 4.69) is 5.32 Å². The van der Waals surface area contributed by atoms with Gasteiger partial charge in [0.15, 0.2) is 0 Å². The fourth-order valence-electron chi connectivity index (χ4n) is 2.38. The number of carboxylic acid groups (broad SMARTS) is 1. The molecule has 0 saturated carbocycles. The normalized spacial score (nSPS) is 12.0. The molecule has 138 valence electrons. The summed E-state index contributed by atoms with van der Waals surface area (Å²) in [6.07, 6.45) is 0.628. The summed E-state index contributed by atoms with van der Waals surface area (Å²) in [4.78, 5) is 23.2. The van der Waals surface area contributed by atoms with Crippen LogP contribution in [0.15, 0.2) is 48.5 Å². The summed E-state index contributed by atoms with van der Waals surface area (Å²) < 4.78 is 5.54. The number of carbonyl (C=O) groups excluding carboxylic acids is 1. The first kappa shape index (κ1) is 19.7. The van der Waals surface area contributed by atoms with E-state index in [-0.39, 0.29) is 12.0 Å². The number of hydrogen-bond donors (Lipinski definition) is 2. The predicted molar refractivity (Wildman–Crippen MR) is 101 cm³/mol. The maximum absolute atomic E-state index is 12.3. The quantitative estimate of drug-likeness (QED) is 0.747. The van der Waals surface area contributed by atoms with Crippen molar-refractivity contribution in [1.82, 2.24) is 0 Å². The van der Waals surface area contributed by atoms with Crippen LogP contribution in [0.5, 0.6) is 0 Å². The molecule has 5 nitrogen and oxygen atoms in total. The Labute approximate surface area is 154 Å². The predicted octanol–water partition coefficient (Wildman–Crippen LogP) is 4.13. The molecule has 0 spiro atoms. The monoisotopic (exact) mass is 355 g/mol. The molecule has 2 aromatic carbocycles. The molecule has 26 heavy (non-hydrogen) atoms. The summed E-state index contributed by atoms with van der Waals surface area (Å²) >= 11 is 0. The molecule has 0 aliphatic heterocycles. The fourth-order valence-corrected chi connectivity index (χ4v) is 2.38. The van der Waals surface area contributed by atoms with Crippen molar-refractivity contribution in [1.29, 1.82) is 0 Å². The van der Waals surface area contributed by atoms with E-state index in [1.807, 2.05) is 38.1 Å². The highest BCUT2D eigenvalue weighted by Crippen LogP contribution is 2.15. The standard InChI is InChI=1S/C21H25NO4/c1-14(2)26-13-17-4-8-18(9-5-17)20(23)22-19-10-6-16(7-11-19)12-15(3)21(24)25/h4-11,14-15H,12-13H2,1-3H3,(H,22,23)(H,24,25). The molecule has 0 aliphatic carbocycles. The molecule has 0 radical (unpaired) electrons. The lowest BCUT2D eigenvalue weighted by Gasteiger charge is -2.10. The first-order valence-electron chi connectivity index (χ1n) is 8.69. The van der Waals surface area contributed by atoms with Gasteiger partial charge in [-0.2, -0.15) is 0 Å². The first-order valence-corrected chi connectivity index (χ1v) is 8.69. The van der Waals surface area contributed by atoms with Crippen LogP contribution in [0.4, 0.5) is 5.69 Å². The molecule has 1 amide bonds. The SMILES string of the molecule is CC(C)OCc1ccc(C(=O)Nc2ccc(CC(C)C(=O)O)cc2)cc1. The van der Waals surface area contributed by atoms with Gasteiger partial charge in [-0.25, -0.2) is 0 Å². The van der Waals surface area contributed by atoms with Crippen molar-refractivity contribution in [3.8, 4) is 0 Å². The van der Waals surface area contributed by atoms with Crippen LogP contribution < -0.4 is 5.32 Å². The number of rotatable bonds is 8. The number of ether oxygens (including phenoxy) is 1. The number of aliphatic carboxylic acids is 1. The molecule has 2 rings (SSSR count). The van der Waals surface area contributed by atoms with Gasteiger partial charge in [-0.3, -0.25) is 9.59 Å². The summed E-state index contributed by atoms with van der Waals surface area (Å²) in [5, 5.41) is 11.8. The highest BCUT2D eigenvalue weighted by molar-refractivity contribution is 6.04. The number of carboxylic acids is 1. The number of nitrogens with one attached hydrogen (secondary N) is 1. The second-order valence-electron chi connectivity index (χ2n) is 6.65. The molecule has 1 atom stereocenters. The molecule has 0 saturated heterocycles. The Morgan fingerprint density at radius 1 is 0.962 bits per heavy atom. The Morgan fingerprint density at radius 3 is 2.08 bits per heavy atom. The number of carbonyl (C=O) groups is 2. The highest BCUT2D eigenvalue weighted by atomic mass is 16.5. The van der Waals surface area contributed by atoms with Crippen molar-refractivity contribution in [3.05, 3.63) is 65.2 Å². The van der Waals surface area contributed by atoms with Crippen LogP contribution in [0, 0.1) is 5.92 Å². The van der Waals surface area contributed by atoms with Crippen molar-refractivity contribution < 1.29 is 19.4 Å². The van der Waals surface area contributed by atoms with Crippen LogP contribution in [-0.4, -0.2) is 23.1 Å². The minimum absolute atomic E-state index is 0.166. The molecule has 0 fully saturated rings. The van der Waals surface area contributed by atoms with E-state index in [4.69, 9.17) is 9.84 Å². The van der Waals surface area contributed by atoms with Crippen molar-refractivity contribution >= 4 is 17.6 Å². The summed E-state index contributed by atoms with van der Waals surface area (Å²) in [6.45, 7) is 6.16. The van der Waals surface area contributed by atoms with E-state index in [9.17, 15) is 9.59 Å². The Morgan fingerprint density at radius 2 is 1.54 bits per heavy atom. The number of hydrogen-bond acceptors (Lipinski definition) is 3. The second kappa shape index (κ2) is 9.15. The van der Waals surface area contributed by atoms with Crippen molar-refractivity contribution in [3.63, 3.8) is 0 Å². The third kappa shape index (κ3) is 6.01. The van der Waals surface area contributed by atoms with Gasteiger partial charge in [0.05, 0.1) is 18.6 Å². The third-order valence-electron chi connectivity index (χ3n) is 3.97. The fraction of sp³-hybridized carbons (Fsp3) is 0.333. The van der Waals surface area contributed by atoms with Gasteiger partial charge in [0, 0.05) is 11.3 Å². The van der Waals surface area contributed by atoms with Gasteiger partial charge in [-0.15, -0.1) is 0 Å². The Kier molecular flexibility index (Phi) is 6.92. The number of anilines is 1. The molecule has 2 N–H and O–H groups in total. The average Bonchev–Trinajstić information content (AvgIpc) is 2.61. The summed E-state index contributed by atoms with van der Waals surface area (Å²) in [5.41, 5.74) is 3.19. The minimum atomic E-state index is -0.815. The Balaban J connectivity index is 1.93. The van der Waals surface area contributed by atoms with Gasteiger partial charge < -0.3 is 15.2 Å². The van der Waals surface area contributed by atoms with Crippen LogP contribution in [-0.2, 0) is 22.6 Å². The lowest BCUT2D eigenvalue weighted by molar-refractivity contribution is -0.141. The van der Waals surface area contributed by atoms with Crippen LogP contribution in [0.25, 0.3) is 0 Å². The number of benzene rings is 2. The Hall–Kier alpha value is -2.66. The van der Waals surface area contributed by atoms with Crippen LogP contribution in [0.1, 0.15) is 42.3 Å². The van der Waals surface area contributed by atoms with Crippen LogP contribution in [0.2, 0.25) is 0 Å². The molecule has 0 heterocycles. The second-order valence-corrected chi connectivity index (χ2v) is 6.65. The van der Waals surface area contributed by atoms with Crippen LogP contribution in [0.3, 0.4) is 0 Å². The Bertz CT molecular complexity index is 736. The summed E-state index contributed by atoms with van der Waals surface area (Å²) in [7, 11) is 0. The van der Waals surface area contributed by atoms with Gasteiger partial charge in [-0.05, 0) is 55.7 Å². The topological polar surface area (TPSA) is 75.6 Å². The maximum atomic E-state index is 12.3. The first-order chi connectivity index (χ1) is 12.3. The van der Waals surface area contributed by atoms with Crippen molar-refractivity contribution in [2.75, 3.05) is 5.32 Å². The van der Waals surface area contributed by atoms with Gasteiger partial charge in [0.25, 0.3) is 5.91 Å². The summed E-state index contributed by atoms with van der Waals surface area (Å²) in [5.74, 6) is -1.44. The minimum Gasteiger partial charge on any atom is -0.481 e. The zero-order valence-electron chi connectivity index (χ0n) is 15.4. The average molecular weight is 355 g/mol. The molecule has 1 unspecified atom stereocenters. The molecular formula is C21H25NO4. The molecule has 5 heteroatoms. The zero-order chi connectivity index (χ0) is 19.1. The highest BCUT2D eigenvalue weighted by Gasteiger charge is 2.12. The van der Waals surface area contributed by atoms with Gasteiger partial charge in [0.2, 0.25) is 0 Å². The van der Waals surface area contributed by atoms with E-state index in [0.717, 1.165) is 11.1 Å². The molecule has 0 bridgehead atoms. The van der Waals surface area contributed by atoms with Crippen molar-refractivity contribution in [2.45, 2.75) is 39.9 Å². The van der Waals surface area contributed by atoms with E-state index < -0.39 is 11.9 Å². The van der Waals surface area contributed by atoms with Gasteiger partial charge in [0.1, 0.15) is 0 Å². The lowest BCUT2D eigenvalue weighted by atomic mass is 10.0. The molecule has 0 aromatic heterocycles. The summed E-state index contributed by atoms with van der Waals surface area (Å²) in [6, 6.07) is 14.6. The lowest BCUT2D eigenvalue weighted by Crippen LogP contribution is -2.13. The molecule has 0 aliphatic rings. The molecule has 2 aromatic rings. The van der Waals surface area contributed by atoms with Crippen molar-refractivity contribution in [2.24, 2.45) is 5.92 Å². The van der Waals surface area contributed by atoms with Gasteiger partial charge >= 0.3 is 5.97 Å². The largest absolute Gasteiger partial charge is 0.481 e. The smallest absolute Gasteiger partial charge is 0.306 e. The van der Waals surface area contributed by atoms with Crippen LogP contribution >= 0.6 is 0 Å². The van der Waals surface area contributed by atoms with E-state index in [1.54, 1.807) is 31.2 Å².